The first-order chi connectivity index (χ1) is 9.10. The van der Waals surface area contributed by atoms with Gasteiger partial charge in [-0.1, -0.05) is 12.1 Å². The molecular weight excluding hydrogens is 256 g/mol. The number of hydrogen-bond acceptors (Lipinski definition) is 2. The molecule has 2 N–H and O–H groups in total. The Hall–Kier alpha value is -1.00. The van der Waals surface area contributed by atoms with Crippen molar-refractivity contribution in [2.75, 3.05) is 13.3 Å². The number of thioether (sulfide) groups is 1. The summed E-state index contributed by atoms with van der Waals surface area (Å²) in [5.74, 6) is 0.181. The first-order valence-electron chi connectivity index (χ1n) is 6.85. The Balaban J connectivity index is 1.87. The van der Waals surface area contributed by atoms with Crippen LogP contribution in [0.25, 0.3) is 0 Å². The molecule has 1 amide bonds. The van der Waals surface area contributed by atoms with Gasteiger partial charge in [0.1, 0.15) is 6.54 Å². The summed E-state index contributed by atoms with van der Waals surface area (Å²) < 4.78 is 0. The van der Waals surface area contributed by atoms with Crippen molar-refractivity contribution in [3.8, 4) is 0 Å². The van der Waals surface area contributed by atoms with Crippen LogP contribution in [0.1, 0.15) is 25.3 Å². The molecule has 1 aliphatic rings. The molecule has 2 atom stereocenters. The van der Waals surface area contributed by atoms with Gasteiger partial charge >= 0.3 is 0 Å². The second kappa shape index (κ2) is 6.44. The molecule has 1 aliphatic carbocycles. The summed E-state index contributed by atoms with van der Waals surface area (Å²) in [7, 11) is 2.08. The molecule has 0 aromatic heterocycles. The fourth-order valence-corrected chi connectivity index (χ4v) is 2.40. The molecule has 1 fully saturated rings. The molecule has 3 nitrogen and oxygen atoms in total. The van der Waals surface area contributed by atoms with Gasteiger partial charge in [-0.3, -0.25) is 4.79 Å². The molecule has 0 bridgehead atoms. The van der Waals surface area contributed by atoms with Crippen molar-refractivity contribution in [2.45, 2.75) is 43.3 Å². The van der Waals surface area contributed by atoms with Crippen LogP contribution in [0.4, 0.5) is 0 Å². The lowest BCUT2D eigenvalue weighted by molar-refractivity contribution is -0.908. The SMILES string of the molecule is CSc1ccc(C[NH+](C)[C@@H](C)C(=O)NC2CC2)cc1. The summed E-state index contributed by atoms with van der Waals surface area (Å²) in [5.41, 5.74) is 1.28. The van der Waals surface area contributed by atoms with Crippen molar-refractivity contribution in [2.24, 2.45) is 0 Å². The van der Waals surface area contributed by atoms with Crippen LogP contribution in [0.15, 0.2) is 29.2 Å². The highest BCUT2D eigenvalue weighted by molar-refractivity contribution is 7.98. The van der Waals surface area contributed by atoms with Crippen LogP contribution >= 0.6 is 11.8 Å². The second-order valence-electron chi connectivity index (χ2n) is 5.38. The minimum atomic E-state index is 0.000765. The molecule has 0 spiro atoms. The molecule has 104 valence electrons. The van der Waals surface area contributed by atoms with Crippen LogP contribution in [0, 0.1) is 0 Å². The van der Waals surface area contributed by atoms with Crippen LogP contribution in [0.5, 0.6) is 0 Å². The summed E-state index contributed by atoms with van der Waals surface area (Å²) in [6, 6.07) is 9.04. The number of amides is 1. The second-order valence-corrected chi connectivity index (χ2v) is 6.26. The number of rotatable bonds is 6. The number of carbonyl (C=O) groups excluding carboxylic acids is 1. The van der Waals surface area contributed by atoms with Gasteiger partial charge in [0.15, 0.2) is 6.04 Å². The van der Waals surface area contributed by atoms with Crippen molar-refractivity contribution in [1.29, 1.82) is 0 Å². The van der Waals surface area contributed by atoms with Gasteiger partial charge in [-0.15, -0.1) is 11.8 Å². The van der Waals surface area contributed by atoms with Crippen molar-refractivity contribution in [3.63, 3.8) is 0 Å². The van der Waals surface area contributed by atoms with Crippen LogP contribution in [0.3, 0.4) is 0 Å². The van der Waals surface area contributed by atoms with Crippen LogP contribution in [-0.4, -0.2) is 31.3 Å². The Kier molecular flexibility index (Phi) is 4.88. The summed E-state index contributed by atoms with van der Waals surface area (Å²) in [5, 5.41) is 3.08. The lowest BCUT2D eigenvalue weighted by Crippen LogP contribution is -3.12. The molecule has 0 aliphatic heterocycles. The fraction of sp³-hybridized carbons (Fsp3) is 0.533. The van der Waals surface area contributed by atoms with Gasteiger partial charge in [-0.25, -0.2) is 0 Å². The third-order valence-corrected chi connectivity index (χ3v) is 4.44. The van der Waals surface area contributed by atoms with E-state index in [9.17, 15) is 4.79 Å². The minimum absolute atomic E-state index is 0.000765. The van der Waals surface area contributed by atoms with E-state index < -0.39 is 0 Å². The quantitative estimate of drug-likeness (QED) is 0.764. The number of likely N-dealkylation sites (N-methyl/N-ethyl adjacent to an activating group) is 1. The van der Waals surface area contributed by atoms with Crippen LogP contribution < -0.4 is 10.2 Å². The zero-order valence-electron chi connectivity index (χ0n) is 11.9. The summed E-state index contributed by atoms with van der Waals surface area (Å²) in [4.78, 5) is 14.5. The Morgan fingerprint density at radius 2 is 2.05 bits per heavy atom. The van der Waals surface area contributed by atoms with Gasteiger partial charge in [0.25, 0.3) is 5.91 Å². The van der Waals surface area contributed by atoms with Gasteiger partial charge in [0, 0.05) is 16.5 Å². The average Bonchev–Trinajstić information content (AvgIpc) is 3.22. The predicted molar refractivity (Wildman–Crippen MR) is 79.4 cm³/mol. The van der Waals surface area contributed by atoms with E-state index in [1.165, 1.54) is 15.4 Å². The van der Waals surface area contributed by atoms with E-state index in [1.54, 1.807) is 11.8 Å². The molecule has 19 heavy (non-hydrogen) atoms. The normalized spacial score (nSPS) is 17.8. The van der Waals surface area contributed by atoms with Crippen LogP contribution in [-0.2, 0) is 11.3 Å². The monoisotopic (exact) mass is 279 g/mol. The minimum Gasteiger partial charge on any atom is -0.348 e. The van der Waals surface area contributed by atoms with E-state index in [2.05, 4.69) is 42.9 Å². The zero-order chi connectivity index (χ0) is 13.8. The summed E-state index contributed by atoms with van der Waals surface area (Å²) in [6.45, 7) is 2.89. The highest BCUT2D eigenvalue weighted by Crippen LogP contribution is 2.18. The maximum Gasteiger partial charge on any atom is 0.278 e. The number of benzene rings is 1. The molecule has 0 radical (unpaired) electrons. The van der Waals surface area contributed by atoms with E-state index in [-0.39, 0.29) is 11.9 Å². The smallest absolute Gasteiger partial charge is 0.278 e. The molecule has 2 rings (SSSR count). The third-order valence-electron chi connectivity index (χ3n) is 3.70. The van der Waals surface area contributed by atoms with E-state index in [0.717, 1.165) is 19.4 Å². The molecule has 0 saturated heterocycles. The molecule has 1 aromatic rings. The summed E-state index contributed by atoms with van der Waals surface area (Å²) >= 11 is 1.75. The van der Waals surface area contributed by atoms with Crippen molar-refractivity contribution in [3.05, 3.63) is 29.8 Å². The summed E-state index contributed by atoms with van der Waals surface area (Å²) in [6.07, 6.45) is 4.37. The first-order valence-corrected chi connectivity index (χ1v) is 8.08. The molecule has 4 heteroatoms. The lowest BCUT2D eigenvalue weighted by Gasteiger charge is -2.21. The van der Waals surface area contributed by atoms with Gasteiger partial charge in [-0.2, -0.15) is 0 Å². The van der Waals surface area contributed by atoms with E-state index >= 15 is 0 Å². The number of hydrogen-bond donors (Lipinski definition) is 2. The maximum atomic E-state index is 12.0. The van der Waals surface area contributed by atoms with Gasteiger partial charge in [0.05, 0.1) is 7.05 Å². The van der Waals surface area contributed by atoms with Gasteiger partial charge in [-0.05, 0) is 38.2 Å². The Bertz CT molecular complexity index is 428. The molecule has 1 unspecified atom stereocenters. The largest absolute Gasteiger partial charge is 0.348 e. The molecule has 0 heterocycles. The number of nitrogens with one attached hydrogen (secondary N) is 2. The highest BCUT2D eigenvalue weighted by atomic mass is 32.2. The van der Waals surface area contributed by atoms with Crippen molar-refractivity contribution < 1.29 is 9.69 Å². The number of carbonyl (C=O) groups is 1. The van der Waals surface area contributed by atoms with Crippen molar-refractivity contribution >= 4 is 17.7 Å². The standard InChI is InChI=1S/C15H22N2OS/c1-11(15(18)16-13-6-7-13)17(2)10-12-4-8-14(19-3)9-5-12/h4-5,8-9,11,13H,6-7,10H2,1-3H3,(H,16,18)/p+1/t11-/m0/s1. The third kappa shape index (κ3) is 4.25. The zero-order valence-corrected chi connectivity index (χ0v) is 12.7. The molecule has 1 saturated carbocycles. The Morgan fingerprint density at radius 3 is 2.58 bits per heavy atom. The Morgan fingerprint density at radius 1 is 1.42 bits per heavy atom. The highest BCUT2D eigenvalue weighted by Gasteiger charge is 2.29. The van der Waals surface area contributed by atoms with E-state index in [4.69, 9.17) is 0 Å². The first kappa shape index (κ1) is 14.4. The predicted octanol–water partition coefficient (Wildman–Crippen LogP) is 1.09. The topological polar surface area (TPSA) is 33.5 Å². The Labute approximate surface area is 119 Å². The van der Waals surface area contributed by atoms with Crippen molar-refractivity contribution in [1.82, 2.24) is 5.32 Å². The lowest BCUT2D eigenvalue weighted by atomic mass is 10.2. The molecular formula is C15H23N2OS+. The molecule has 1 aromatic carbocycles. The van der Waals surface area contributed by atoms with Crippen LogP contribution in [0.2, 0.25) is 0 Å². The van der Waals surface area contributed by atoms with E-state index in [1.807, 2.05) is 6.92 Å². The fourth-order valence-electron chi connectivity index (χ4n) is 2.00. The average molecular weight is 279 g/mol. The van der Waals surface area contributed by atoms with E-state index in [0.29, 0.717) is 6.04 Å². The maximum absolute atomic E-state index is 12.0. The van der Waals surface area contributed by atoms with Gasteiger partial charge < -0.3 is 10.2 Å². The number of quaternary nitrogens is 1. The van der Waals surface area contributed by atoms with Gasteiger partial charge in [0.2, 0.25) is 0 Å².